The zero-order valence-electron chi connectivity index (χ0n) is 11.9. The zero-order chi connectivity index (χ0) is 14.6. The van der Waals surface area contributed by atoms with Gasteiger partial charge in [0.15, 0.2) is 0 Å². The van der Waals surface area contributed by atoms with Gasteiger partial charge in [-0.15, -0.1) is 0 Å². The molecule has 1 amide bonds. The first-order chi connectivity index (χ1) is 9.51. The number of hydrogen-bond donors (Lipinski definition) is 1. The first-order valence-electron chi connectivity index (χ1n) is 7.03. The zero-order valence-corrected chi connectivity index (χ0v) is 12.7. The van der Waals surface area contributed by atoms with E-state index in [1.807, 2.05) is 0 Å². The normalized spacial score (nSPS) is 22.2. The lowest BCUT2D eigenvalue weighted by molar-refractivity contribution is -0.131. The molecule has 20 heavy (non-hydrogen) atoms. The summed E-state index contributed by atoms with van der Waals surface area (Å²) in [5, 5.41) is 2.75. The first-order valence-corrected chi connectivity index (χ1v) is 8.53. The van der Waals surface area contributed by atoms with Crippen LogP contribution in [-0.2, 0) is 19.6 Å². The second-order valence-electron chi connectivity index (χ2n) is 5.24. The minimum Gasteiger partial charge on any atom is -0.381 e. The Balaban J connectivity index is 1.92. The quantitative estimate of drug-likeness (QED) is 0.710. The molecule has 2 heterocycles. The fourth-order valence-corrected chi connectivity index (χ4v) is 4.11. The molecular weight excluding hydrogens is 282 g/mol. The van der Waals surface area contributed by atoms with Crippen molar-refractivity contribution >= 4 is 15.9 Å². The van der Waals surface area contributed by atoms with Crippen molar-refractivity contribution in [2.75, 3.05) is 53.0 Å². The third kappa shape index (κ3) is 3.69. The molecule has 1 N–H and O–H groups in total. The molecule has 116 valence electrons. The molecule has 2 aliphatic rings. The Hall–Kier alpha value is -0.700. The maximum Gasteiger partial charge on any atom is 0.237 e. The number of sulfonamides is 1. The van der Waals surface area contributed by atoms with Crippen molar-refractivity contribution in [3.8, 4) is 0 Å². The number of carbonyl (C=O) groups is 1. The molecule has 2 fully saturated rings. The van der Waals surface area contributed by atoms with Crippen LogP contribution in [0, 0.1) is 0 Å². The van der Waals surface area contributed by atoms with Gasteiger partial charge in [0.05, 0.1) is 11.8 Å². The lowest BCUT2D eigenvalue weighted by Crippen LogP contribution is -2.50. The molecule has 0 spiro atoms. The Morgan fingerprint density at radius 3 is 2.50 bits per heavy atom. The van der Waals surface area contributed by atoms with Crippen molar-refractivity contribution in [2.45, 2.75) is 18.1 Å². The van der Waals surface area contributed by atoms with Crippen molar-refractivity contribution in [1.82, 2.24) is 14.5 Å². The highest BCUT2D eigenvalue weighted by molar-refractivity contribution is 7.89. The molecule has 0 saturated carbocycles. The van der Waals surface area contributed by atoms with E-state index in [9.17, 15) is 13.2 Å². The molecule has 0 aliphatic carbocycles. The largest absolute Gasteiger partial charge is 0.381 e. The van der Waals surface area contributed by atoms with Gasteiger partial charge in [-0.2, -0.15) is 4.31 Å². The van der Waals surface area contributed by atoms with Crippen LogP contribution in [0.3, 0.4) is 0 Å². The molecule has 8 heteroatoms. The van der Waals surface area contributed by atoms with E-state index in [4.69, 9.17) is 4.74 Å². The van der Waals surface area contributed by atoms with Gasteiger partial charge in [0, 0.05) is 46.4 Å². The lowest BCUT2D eigenvalue weighted by Gasteiger charge is -2.31. The number of ether oxygens (including phenoxy) is 1. The molecule has 0 unspecified atom stereocenters. The van der Waals surface area contributed by atoms with Gasteiger partial charge in [0.25, 0.3) is 0 Å². The summed E-state index contributed by atoms with van der Waals surface area (Å²) in [6.07, 6.45) is 1.02. The molecule has 2 saturated heterocycles. The minimum absolute atomic E-state index is 0.0698. The van der Waals surface area contributed by atoms with E-state index in [-0.39, 0.29) is 12.5 Å². The van der Waals surface area contributed by atoms with E-state index in [0.29, 0.717) is 39.1 Å². The number of piperazine rings is 1. The minimum atomic E-state index is -3.41. The summed E-state index contributed by atoms with van der Waals surface area (Å²) in [7, 11) is -1.91. The molecular formula is C12H23N3O4S. The second-order valence-corrected chi connectivity index (χ2v) is 7.56. The van der Waals surface area contributed by atoms with E-state index in [2.05, 4.69) is 5.32 Å². The van der Waals surface area contributed by atoms with E-state index < -0.39 is 15.3 Å². The van der Waals surface area contributed by atoms with Gasteiger partial charge in [0.2, 0.25) is 15.9 Å². The van der Waals surface area contributed by atoms with Gasteiger partial charge < -0.3 is 15.0 Å². The lowest BCUT2D eigenvalue weighted by atomic mass is 10.2. The van der Waals surface area contributed by atoms with Crippen LogP contribution in [0.1, 0.15) is 12.8 Å². The number of nitrogens with zero attached hydrogens (tertiary/aromatic N) is 2. The number of amides is 1. The monoisotopic (exact) mass is 305 g/mol. The van der Waals surface area contributed by atoms with Crippen molar-refractivity contribution in [2.24, 2.45) is 0 Å². The van der Waals surface area contributed by atoms with Crippen LogP contribution in [0.25, 0.3) is 0 Å². The van der Waals surface area contributed by atoms with Gasteiger partial charge in [0.1, 0.15) is 0 Å². The molecule has 0 aromatic heterocycles. The summed E-state index contributed by atoms with van der Waals surface area (Å²) in [5.41, 5.74) is 0. The summed E-state index contributed by atoms with van der Waals surface area (Å²) in [6.45, 7) is 3.70. The number of likely N-dealkylation sites (N-methyl/N-ethyl adjacent to an activating group) is 1. The van der Waals surface area contributed by atoms with Crippen LogP contribution in [0.4, 0.5) is 0 Å². The smallest absolute Gasteiger partial charge is 0.237 e. The standard InChI is InChI=1S/C12H23N3O4S/c1-14(10-12(16)15-6-4-13-5-7-15)20(17,18)11-2-8-19-9-3-11/h11,13H,2-10H2,1H3. The fourth-order valence-electron chi connectivity index (χ4n) is 2.52. The average molecular weight is 305 g/mol. The Morgan fingerprint density at radius 2 is 1.90 bits per heavy atom. The summed E-state index contributed by atoms with van der Waals surface area (Å²) in [6, 6.07) is 0. The molecule has 0 aromatic carbocycles. The summed E-state index contributed by atoms with van der Waals surface area (Å²) >= 11 is 0. The number of rotatable bonds is 4. The third-order valence-electron chi connectivity index (χ3n) is 3.85. The van der Waals surface area contributed by atoms with Crippen molar-refractivity contribution in [3.63, 3.8) is 0 Å². The molecule has 0 atom stereocenters. The molecule has 0 radical (unpaired) electrons. The number of carbonyl (C=O) groups excluding carboxylic acids is 1. The van der Waals surface area contributed by atoms with Crippen LogP contribution in [0.2, 0.25) is 0 Å². The highest BCUT2D eigenvalue weighted by Gasteiger charge is 2.33. The number of hydrogen-bond acceptors (Lipinski definition) is 5. The van der Waals surface area contributed by atoms with Crippen LogP contribution in [0.15, 0.2) is 0 Å². The Kier molecular flexibility index (Phi) is 5.36. The van der Waals surface area contributed by atoms with E-state index >= 15 is 0 Å². The summed E-state index contributed by atoms with van der Waals surface area (Å²) in [4.78, 5) is 13.8. The Morgan fingerprint density at radius 1 is 1.30 bits per heavy atom. The van der Waals surface area contributed by atoms with Crippen LogP contribution in [-0.4, -0.2) is 81.8 Å². The predicted molar refractivity (Wildman–Crippen MR) is 74.8 cm³/mol. The summed E-state index contributed by atoms with van der Waals surface area (Å²) in [5.74, 6) is -0.121. The summed E-state index contributed by atoms with van der Waals surface area (Å²) < 4.78 is 31.2. The Labute approximate surface area is 120 Å². The molecule has 0 aromatic rings. The van der Waals surface area contributed by atoms with Gasteiger partial charge >= 0.3 is 0 Å². The highest BCUT2D eigenvalue weighted by atomic mass is 32.2. The van der Waals surface area contributed by atoms with Gasteiger partial charge in [-0.3, -0.25) is 4.79 Å². The van der Waals surface area contributed by atoms with Gasteiger partial charge in [-0.25, -0.2) is 8.42 Å². The van der Waals surface area contributed by atoms with E-state index in [1.165, 1.54) is 11.4 Å². The molecule has 2 rings (SSSR count). The highest BCUT2D eigenvalue weighted by Crippen LogP contribution is 2.18. The van der Waals surface area contributed by atoms with E-state index in [1.54, 1.807) is 4.90 Å². The SMILES string of the molecule is CN(CC(=O)N1CCNCC1)S(=O)(=O)C1CCOCC1. The van der Waals surface area contributed by atoms with Gasteiger partial charge in [-0.05, 0) is 12.8 Å². The fraction of sp³-hybridized carbons (Fsp3) is 0.917. The topological polar surface area (TPSA) is 79.0 Å². The van der Waals surface area contributed by atoms with Crippen molar-refractivity contribution < 1.29 is 17.9 Å². The van der Waals surface area contributed by atoms with Crippen LogP contribution < -0.4 is 5.32 Å². The maximum atomic E-state index is 12.4. The number of nitrogens with one attached hydrogen (secondary N) is 1. The average Bonchev–Trinajstić information content (AvgIpc) is 2.49. The van der Waals surface area contributed by atoms with E-state index in [0.717, 1.165) is 13.1 Å². The molecule has 7 nitrogen and oxygen atoms in total. The van der Waals surface area contributed by atoms with Gasteiger partial charge in [-0.1, -0.05) is 0 Å². The van der Waals surface area contributed by atoms with Crippen LogP contribution in [0.5, 0.6) is 0 Å². The van der Waals surface area contributed by atoms with Crippen molar-refractivity contribution in [1.29, 1.82) is 0 Å². The predicted octanol–water partition coefficient (Wildman–Crippen LogP) is -1.14. The second kappa shape index (κ2) is 6.84. The third-order valence-corrected chi connectivity index (χ3v) is 6.16. The first kappa shape index (κ1) is 15.7. The van der Waals surface area contributed by atoms with Crippen LogP contribution >= 0.6 is 0 Å². The Bertz CT molecular complexity index is 428. The molecule has 0 bridgehead atoms. The maximum absolute atomic E-state index is 12.4. The molecule has 2 aliphatic heterocycles. The van der Waals surface area contributed by atoms with Crippen molar-refractivity contribution in [3.05, 3.63) is 0 Å².